The average molecular weight is 340 g/mol. The van der Waals surface area contributed by atoms with E-state index in [1.54, 1.807) is 0 Å². The molecule has 0 amide bonds. The molecule has 0 aromatic heterocycles. The zero-order valence-corrected chi connectivity index (χ0v) is 16.1. The van der Waals surface area contributed by atoms with Crippen LogP contribution in [-0.4, -0.2) is 31.1 Å². The minimum absolute atomic E-state index is 0. The van der Waals surface area contributed by atoms with Crippen LogP contribution in [0.1, 0.15) is 69.9 Å². The second kappa shape index (κ2) is 10.2. The van der Waals surface area contributed by atoms with E-state index in [9.17, 15) is 0 Å². The molecular weight excluding hydrogens is 306 g/mol. The van der Waals surface area contributed by atoms with Gasteiger partial charge in [-0.25, -0.2) is 0 Å². The quantitative estimate of drug-likeness (QED) is 0.625. The van der Waals surface area contributed by atoms with Crippen molar-refractivity contribution in [2.24, 2.45) is 0 Å². The Balaban J connectivity index is 0.00000264. The van der Waals surface area contributed by atoms with Crippen molar-refractivity contribution in [1.82, 2.24) is 4.90 Å². The molecule has 0 heterocycles. The maximum atomic E-state index is 5.72. The Morgan fingerprint density at radius 2 is 1.78 bits per heavy atom. The van der Waals surface area contributed by atoms with Crippen molar-refractivity contribution >= 4 is 12.4 Å². The normalized spacial score (nSPS) is 20.0. The van der Waals surface area contributed by atoms with E-state index in [1.165, 1.54) is 62.7 Å². The predicted molar refractivity (Wildman–Crippen MR) is 102 cm³/mol. The largest absolute Gasteiger partial charge is 0.496 e. The Labute approximate surface area is 149 Å². The van der Waals surface area contributed by atoms with E-state index in [-0.39, 0.29) is 12.4 Å². The highest BCUT2D eigenvalue weighted by molar-refractivity contribution is 5.85. The molecule has 0 N–H and O–H groups in total. The molecule has 23 heavy (non-hydrogen) atoms. The molecule has 132 valence electrons. The van der Waals surface area contributed by atoms with Crippen molar-refractivity contribution in [3.8, 4) is 5.75 Å². The highest BCUT2D eigenvalue weighted by Crippen LogP contribution is 2.42. The van der Waals surface area contributed by atoms with Gasteiger partial charge >= 0.3 is 0 Å². The third-order valence-corrected chi connectivity index (χ3v) is 5.01. The number of rotatable bonds is 8. The number of ether oxygens (including phenoxy) is 1. The molecule has 0 aliphatic heterocycles. The van der Waals surface area contributed by atoms with Gasteiger partial charge < -0.3 is 4.74 Å². The van der Waals surface area contributed by atoms with Gasteiger partial charge in [0.1, 0.15) is 5.75 Å². The molecule has 2 rings (SSSR count). The summed E-state index contributed by atoms with van der Waals surface area (Å²) in [5.74, 6) is 1.73. The zero-order chi connectivity index (χ0) is 15.9. The maximum absolute atomic E-state index is 5.72. The van der Waals surface area contributed by atoms with Crippen LogP contribution in [0.5, 0.6) is 5.75 Å². The van der Waals surface area contributed by atoms with Crippen molar-refractivity contribution in [3.63, 3.8) is 0 Å². The second-order valence-corrected chi connectivity index (χ2v) is 6.57. The number of hydrogen-bond acceptors (Lipinski definition) is 2. The van der Waals surface area contributed by atoms with E-state index in [0.717, 1.165) is 5.75 Å². The first-order valence-electron chi connectivity index (χ1n) is 9.16. The summed E-state index contributed by atoms with van der Waals surface area (Å²) >= 11 is 0. The smallest absolute Gasteiger partial charge is 0.122 e. The van der Waals surface area contributed by atoms with Crippen molar-refractivity contribution in [1.29, 1.82) is 0 Å². The number of benzene rings is 1. The summed E-state index contributed by atoms with van der Waals surface area (Å²) < 4.78 is 5.72. The monoisotopic (exact) mass is 339 g/mol. The van der Waals surface area contributed by atoms with Crippen LogP contribution in [0.2, 0.25) is 0 Å². The van der Waals surface area contributed by atoms with Gasteiger partial charge in [0.15, 0.2) is 0 Å². The van der Waals surface area contributed by atoms with E-state index in [4.69, 9.17) is 4.74 Å². The molecule has 0 spiro atoms. The molecule has 3 heteroatoms. The number of fused-ring (bicyclic) bond motifs is 1. The summed E-state index contributed by atoms with van der Waals surface area (Å²) in [6.45, 7) is 9.36. The first-order chi connectivity index (χ1) is 10.8. The Morgan fingerprint density at radius 1 is 1.09 bits per heavy atom. The summed E-state index contributed by atoms with van der Waals surface area (Å²) in [6.07, 6.45) is 7.49. The molecule has 0 saturated carbocycles. The lowest BCUT2D eigenvalue weighted by Crippen LogP contribution is -2.43. The minimum Gasteiger partial charge on any atom is -0.496 e. The lowest BCUT2D eigenvalue weighted by Gasteiger charge is -2.41. The fourth-order valence-electron chi connectivity index (χ4n) is 4.21. The standard InChI is InChI=1S/C20H33NO.ClH/c1-5-9-17-18(21(14-6-2)15-7-3)13-12-16-10-8-11-19(22-4)20(16)17;/h8,10-11,17-18H,5-7,9,12-15H2,1-4H3;1H. The summed E-state index contributed by atoms with van der Waals surface area (Å²) in [6, 6.07) is 7.29. The fraction of sp³-hybridized carbons (Fsp3) is 0.700. The molecule has 1 aromatic rings. The lowest BCUT2D eigenvalue weighted by molar-refractivity contribution is 0.147. The Hall–Kier alpha value is -0.730. The molecule has 2 unspecified atom stereocenters. The van der Waals surface area contributed by atoms with Crippen molar-refractivity contribution in [3.05, 3.63) is 29.3 Å². The summed E-state index contributed by atoms with van der Waals surface area (Å²) in [4.78, 5) is 2.75. The molecule has 2 atom stereocenters. The van der Waals surface area contributed by atoms with Crippen LogP contribution < -0.4 is 4.74 Å². The van der Waals surface area contributed by atoms with Crippen molar-refractivity contribution in [2.45, 2.75) is 71.3 Å². The highest BCUT2D eigenvalue weighted by Gasteiger charge is 2.34. The van der Waals surface area contributed by atoms with Gasteiger partial charge in [0, 0.05) is 17.5 Å². The number of aryl methyl sites for hydroxylation is 1. The Kier molecular flexibility index (Phi) is 9.01. The van der Waals surface area contributed by atoms with Crippen LogP contribution in [-0.2, 0) is 6.42 Å². The molecular formula is C20H34ClNO. The topological polar surface area (TPSA) is 12.5 Å². The summed E-state index contributed by atoms with van der Waals surface area (Å²) in [5, 5.41) is 0. The van der Waals surface area contributed by atoms with Crippen LogP contribution in [0.3, 0.4) is 0 Å². The van der Waals surface area contributed by atoms with Crippen LogP contribution >= 0.6 is 12.4 Å². The number of nitrogens with zero attached hydrogens (tertiary/aromatic N) is 1. The van der Waals surface area contributed by atoms with E-state index < -0.39 is 0 Å². The predicted octanol–water partition coefficient (Wildman–Crippen LogP) is 5.44. The first kappa shape index (κ1) is 20.3. The number of hydrogen-bond donors (Lipinski definition) is 0. The minimum atomic E-state index is 0. The van der Waals surface area contributed by atoms with Crippen LogP contribution in [0.4, 0.5) is 0 Å². The maximum Gasteiger partial charge on any atom is 0.122 e. The second-order valence-electron chi connectivity index (χ2n) is 6.57. The van der Waals surface area contributed by atoms with Gasteiger partial charge in [-0.05, 0) is 56.8 Å². The third kappa shape index (κ3) is 4.64. The molecule has 1 aliphatic rings. The molecule has 0 saturated heterocycles. The average Bonchev–Trinajstić information content (AvgIpc) is 2.54. The Bertz CT molecular complexity index is 443. The van der Waals surface area contributed by atoms with Gasteiger partial charge in [0.2, 0.25) is 0 Å². The third-order valence-electron chi connectivity index (χ3n) is 5.01. The molecule has 0 fully saturated rings. The SMILES string of the molecule is CCCC1c2c(cccc2OC)CCC1N(CCC)CCC.Cl. The van der Waals surface area contributed by atoms with Gasteiger partial charge in [0.25, 0.3) is 0 Å². The Morgan fingerprint density at radius 3 is 2.35 bits per heavy atom. The molecule has 2 nitrogen and oxygen atoms in total. The van der Waals surface area contributed by atoms with Gasteiger partial charge in [0.05, 0.1) is 7.11 Å². The number of halogens is 1. The van der Waals surface area contributed by atoms with Crippen molar-refractivity contribution in [2.75, 3.05) is 20.2 Å². The molecule has 0 radical (unpaired) electrons. The van der Waals surface area contributed by atoms with E-state index in [0.29, 0.717) is 12.0 Å². The molecule has 1 aliphatic carbocycles. The van der Waals surface area contributed by atoms with E-state index >= 15 is 0 Å². The van der Waals surface area contributed by atoms with Crippen LogP contribution in [0, 0.1) is 0 Å². The fourth-order valence-corrected chi connectivity index (χ4v) is 4.21. The van der Waals surface area contributed by atoms with Gasteiger partial charge in [-0.3, -0.25) is 4.90 Å². The van der Waals surface area contributed by atoms with Crippen molar-refractivity contribution < 1.29 is 4.74 Å². The summed E-state index contributed by atoms with van der Waals surface area (Å²) in [7, 11) is 1.82. The first-order valence-corrected chi connectivity index (χ1v) is 9.16. The number of methoxy groups -OCH3 is 1. The zero-order valence-electron chi connectivity index (χ0n) is 15.3. The molecule has 0 bridgehead atoms. The van der Waals surface area contributed by atoms with Crippen LogP contribution in [0.15, 0.2) is 18.2 Å². The van der Waals surface area contributed by atoms with E-state index in [2.05, 4.69) is 43.9 Å². The lowest BCUT2D eigenvalue weighted by atomic mass is 9.75. The highest BCUT2D eigenvalue weighted by atomic mass is 35.5. The van der Waals surface area contributed by atoms with Gasteiger partial charge in [-0.15, -0.1) is 12.4 Å². The molecule has 1 aromatic carbocycles. The van der Waals surface area contributed by atoms with E-state index in [1.807, 2.05) is 7.11 Å². The van der Waals surface area contributed by atoms with Crippen LogP contribution in [0.25, 0.3) is 0 Å². The summed E-state index contributed by atoms with van der Waals surface area (Å²) in [5.41, 5.74) is 3.02. The van der Waals surface area contributed by atoms with Gasteiger partial charge in [-0.1, -0.05) is 39.3 Å². The van der Waals surface area contributed by atoms with Gasteiger partial charge in [-0.2, -0.15) is 0 Å².